The number of hydrogen-bond acceptors (Lipinski definition) is 0. The Labute approximate surface area is 149 Å². The second-order valence-corrected chi connectivity index (χ2v) is 6.60. The third-order valence-electron chi connectivity index (χ3n) is 4.44. The summed E-state index contributed by atoms with van der Waals surface area (Å²) in [6.07, 6.45) is -6.83. The van der Waals surface area contributed by atoms with Gasteiger partial charge in [0.15, 0.2) is 0 Å². The highest BCUT2D eigenvalue weighted by molar-refractivity contribution is 5.75. The summed E-state index contributed by atoms with van der Waals surface area (Å²) in [6.45, 7) is 3.96. The lowest BCUT2D eigenvalue weighted by Crippen LogP contribution is -2.21. The molecule has 0 aromatic heterocycles. The molecule has 0 N–H and O–H groups in total. The fourth-order valence-electron chi connectivity index (χ4n) is 3.31. The minimum atomic E-state index is -4.82. The topological polar surface area (TPSA) is 0 Å². The van der Waals surface area contributed by atoms with Crippen molar-refractivity contribution in [1.82, 2.24) is 0 Å². The Balaban J connectivity index is 2.62. The summed E-state index contributed by atoms with van der Waals surface area (Å²) in [5, 5.41) is 0. The van der Waals surface area contributed by atoms with E-state index in [9.17, 15) is 26.3 Å². The Morgan fingerprint density at radius 3 is 1.73 bits per heavy atom. The van der Waals surface area contributed by atoms with E-state index in [4.69, 9.17) is 0 Å². The fraction of sp³-hybridized carbons (Fsp3) is 0.500. The maximum absolute atomic E-state index is 13.5. The summed E-state index contributed by atoms with van der Waals surface area (Å²) in [5.41, 5.74) is -0.0922. The zero-order chi connectivity index (χ0) is 19.5. The van der Waals surface area contributed by atoms with E-state index in [1.54, 1.807) is 12.1 Å². The van der Waals surface area contributed by atoms with Crippen LogP contribution in [0.4, 0.5) is 26.3 Å². The van der Waals surface area contributed by atoms with Crippen LogP contribution >= 0.6 is 0 Å². The Morgan fingerprint density at radius 2 is 1.31 bits per heavy atom. The van der Waals surface area contributed by atoms with Gasteiger partial charge in [0, 0.05) is 5.57 Å². The van der Waals surface area contributed by atoms with Crippen LogP contribution in [0.15, 0.2) is 35.4 Å². The molecular formula is C20H22F6. The van der Waals surface area contributed by atoms with Gasteiger partial charge in [0.25, 0.3) is 0 Å². The SMILES string of the molecule is CCCc1cc(CCC)cc(C2=C(C(F)(F)F)C=C(C(F)(F)F)CC2)c1. The minimum absolute atomic E-state index is 0.0409. The first-order valence-electron chi connectivity index (χ1n) is 8.77. The molecule has 1 aromatic rings. The van der Waals surface area contributed by atoms with Gasteiger partial charge in [-0.25, -0.2) is 0 Å². The molecule has 0 nitrogen and oxygen atoms in total. The highest BCUT2D eigenvalue weighted by atomic mass is 19.4. The number of alkyl halides is 6. The summed E-state index contributed by atoms with van der Waals surface area (Å²) in [7, 11) is 0. The van der Waals surface area contributed by atoms with Crippen molar-refractivity contribution in [3.05, 3.63) is 52.1 Å². The number of allylic oxidation sites excluding steroid dienone is 4. The molecule has 1 aromatic carbocycles. The summed E-state index contributed by atoms with van der Waals surface area (Å²) in [4.78, 5) is 0. The first-order valence-corrected chi connectivity index (χ1v) is 8.77. The lowest BCUT2D eigenvalue weighted by molar-refractivity contribution is -0.0981. The Hall–Kier alpha value is -1.72. The van der Waals surface area contributed by atoms with Crippen molar-refractivity contribution in [2.24, 2.45) is 0 Å². The smallest absolute Gasteiger partial charge is 0.166 e. The molecule has 0 atom stereocenters. The van der Waals surface area contributed by atoms with Crippen molar-refractivity contribution in [3.8, 4) is 0 Å². The number of benzene rings is 1. The molecule has 0 bridgehead atoms. The predicted octanol–water partition coefficient (Wildman–Crippen LogP) is 7.19. The minimum Gasteiger partial charge on any atom is -0.166 e. The molecule has 0 spiro atoms. The molecule has 6 heteroatoms. The van der Waals surface area contributed by atoms with Crippen LogP contribution in [0.2, 0.25) is 0 Å². The van der Waals surface area contributed by atoms with Gasteiger partial charge in [-0.2, -0.15) is 26.3 Å². The fourth-order valence-corrected chi connectivity index (χ4v) is 3.31. The van der Waals surface area contributed by atoms with E-state index in [0.717, 1.165) is 36.8 Å². The van der Waals surface area contributed by atoms with Crippen molar-refractivity contribution in [2.75, 3.05) is 0 Å². The first kappa shape index (κ1) is 20.6. The lowest BCUT2D eigenvalue weighted by atomic mass is 9.85. The van der Waals surface area contributed by atoms with Gasteiger partial charge in [-0.3, -0.25) is 0 Å². The number of rotatable bonds is 5. The van der Waals surface area contributed by atoms with Crippen molar-refractivity contribution in [3.63, 3.8) is 0 Å². The molecule has 0 saturated carbocycles. The standard InChI is InChI=1S/C20H22F6/c1-3-5-13-9-14(6-4-2)11-15(10-13)17-8-7-16(19(21,22)23)12-18(17)20(24,25)26/h9-12H,3-8H2,1-2H3. The molecule has 0 aliphatic heterocycles. The Bertz CT molecular complexity index is 680. The van der Waals surface area contributed by atoms with Crippen LogP contribution in [-0.2, 0) is 12.8 Å². The average Bonchev–Trinajstić information content (AvgIpc) is 2.53. The molecule has 144 valence electrons. The quantitative estimate of drug-likeness (QED) is 0.477. The van der Waals surface area contributed by atoms with Gasteiger partial charge in [-0.15, -0.1) is 0 Å². The van der Waals surface area contributed by atoms with Crippen molar-refractivity contribution in [2.45, 2.75) is 64.7 Å². The maximum atomic E-state index is 13.5. The van der Waals surface area contributed by atoms with Crippen molar-refractivity contribution < 1.29 is 26.3 Å². The second-order valence-electron chi connectivity index (χ2n) is 6.60. The van der Waals surface area contributed by atoms with Crippen LogP contribution in [-0.4, -0.2) is 12.4 Å². The van der Waals surface area contributed by atoms with E-state index in [2.05, 4.69) is 0 Å². The zero-order valence-corrected chi connectivity index (χ0v) is 14.8. The third-order valence-corrected chi connectivity index (χ3v) is 4.44. The van der Waals surface area contributed by atoms with Gasteiger partial charge in [-0.1, -0.05) is 44.9 Å². The summed E-state index contributed by atoms with van der Waals surface area (Å²) in [5.74, 6) is 0. The van der Waals surface area contributed by atoms with Gasteiger partial charge in [-0.05, 0) is 54.0 Å². The van der Waals surface area contributed by atoms with Gasteiger partial charge in [0.2, 0.25) is 0 Å². The highest BCUT2D eigenvalue weighted by Gasteiger charge is 2.42. The van der Waals surface area contributed by atoms with Crippen LogP contribution < -0.4 is 0 Å². The van der Waals surface area contributed by atoms with E-state index in [0.29, 0.717) is 5.56 Å². The van der Waals surface area contributed by atoms with Crippen LogP contribution in [0.3, 0.4) is 0 Å². The average molecular weight is 376 g/mol. The maximum Gasteiger partial charge on any atom is 0.416 e. The van der Waals surface area contributed by atoms with E-state index in [1.165, 1.54) is 0 Å². The molecule has 1 aliphatic rings. The van der Waals surface area contributed by atoms with Crippen molar-refractivity contribution in [1.29, 1.82) is 0 Å². The van der Waals surface area contributed by atoms with E-state index >= 15 is 0 Å². The predicted molar refractivity (Wildman–Crippen MR) is 90.8 cm³/mol. The zero-order valence-electron chi connectivity index (χ0n) is 14.8. The summed E-state index contributed by atoms with van der Waals surface area (Å²) >= 11 is 0. The van der Waals surface area contributed by atoms with E-state index < -0.39 is 29.9 Å². The van der Waals surface area contributed by atoms with Crippen LogP contribution in [0.1, 0.15) is 56.2 Å². The van der Waals surface area contributed by atoms with Crippen LogP contribution in [0, 0.1) is 0 Å². The number of halogens is 6. The van der Waals surface area contributed by atoms with Crippen LogP contribution in [0.5, 0.6) is 0 Å². The molecule has 0 heterocycles. The molecule has 0 fully saturated rings. The molecule has 2 rings (SSSR count). The van der Waals surface area contributed by atoms with E-state index in [1.807, 2.05) is 19.9 Å². The largest absolute Gasteiger partial charge is 0.416 e. The molecule has 0 amide bonds. The van der Waals surface area contributed by atoms with Gasteiger partial charge >= 0.3 is 12.4 Å². The monoisotopic (exact) mass is 376 g/mol. The molecule has 0 unspecified atom stereocenters. The number of hydrogen-bond donors (Lipinski definition) is 0. The van der Waals surface area contributed by atoms with E-state index in [-0.39, 0.29) is 18.1 Å². The van der Waals surface area contributed by atoms with Gasteiger partial charge in [0.1, 0.15) is 0 Å². The van der Waals surface area contributed by atoms with Crippen molar-refractivity contribution >= 4 is 5.57 Å². The van der Waals surface area contributed by atoms with Gasteiger partial charge < -0.3 is 0 Å². The lowest BCUT2D eigenvalue weighted by Gasteiger charge is -2.24. The molecular weight excluding hydrogens is 354 g/mol. The highest BCUT2D eigenvalue weighted by Crippen LogP contribution is 2.44. The Morgan fingerprint density at radius 1 is 0.769 bits per heavy atom. The third kappa shape index (κ3) is 4.92. The number of aryl methyl sites for hydroxylation is 2. The normalized spacial score (nSPS) is 16.1. The molecule has 0 saturated heterocycles. The molecule has 0 radical (unpaired) electrons. The summed E-state index contributed by atoms with van der Waals surface area (Å²) < 4.78 is 79.1. The second kappa shape index (κ2) is 7.89. The Kier molecular flexibility index (Phi) is 6.25. The molecule has 1 aliphatic carbocycles. The van der Waals surface area contributed by atoms with Gasteiger partial charge in [0.05, 0.1) is 5.57 Å². The van der Waals surface area contributed by atoms with Crippen LogP contribution in [0.25, 0.3) is 5.57 Å². The molecule has 26 heavy (non-hydrogen) atoms. The first-order chi connectivity index (χ1) is 12.1. The summed E-state index contributed by atoms with van der Waals surface area (Å²) in [6, 6.07) is 5.36.